The number of rotatable bonds is 5. The average molecular weight is 311 g/mol. The lowest BCUT2D eigenvalue weighted by Gasteiger charge is -2.26. The number of hydrogen-bond acceptors (Lipinski definition) is 4. The Balaban J connectivity index is 1.22. The summed E-state index contributed by atoms with van der Waals surface area (Å²) in [6.07, 6.45) is 3.12. The van der Waals surface area contributed by atoms with Gasteiger partial charge in [-0.25, -0.2) is 4.68 Å². The Morgan fingerprint density at radius 3 is 3.00 bits per heavy atom. The van der Waals surface area contributed by atoms with Crippen LogP contribution in [0.5, 0.6) is 0 Å². The van der Waals surface area contributed by atoms with Crippen molar-refractivity contribution in [1.82, 2.24) is 20.0 Å². The molecule has 1 saturated heterocycles. The van der Waals surface area contributed by atoms with Crippen molar-refractivity contribution in [3.8, 4) is 0 Å². The van der Waals surface area contributed by atoms with Crippen molar-refractivity contribution in [3.63, 3.8) is 0 Å². The number of anilines is 1. The molecule has 2 aliphatic rings. The second-order valence-corrected chi connectivity index (χ2v) is 6.76. The molecule has 0 saturated carbocycles. The fourth-order valence-electron chi connectivity index (χ4n) is 3.64. The molecule has 2 aliphatic heterocycles. The zero-order chi connectivity index (χ0) is 15.5. The van der Waals surface area contributed by atoms with Gasteiger partial charge in [0.1, 0.15) is 5.82 Å². The smallest absolute Gasteiger partial charge is 0.124 e. The molecule has 0 aliphatic carbocycles. The number of nitrogens with one attached hydrogen (secondary N) is 2. The Bertz CT molecular complexity index is 623. The van der Waals surface area contributed by atoms with E-state index in [2.05, 4.69) is 55.6 Å². The van der Waals surface area contributed by atoms with Crippen molar-refractivity contribution in [3.05, 3.63) is 48.2 Å². The van der Waals surface area contributed by atoms with E-state index in [1.165, 1.54) is 18.5 Å². The molecule has 0 unspecified atom stereocenters. The van der Waals surface area contributed by atoms with Crippen molar-refractivity contribution in [2.45, 2.75) is 25.6 Å². The summed E-state index contributed by atoms with van der Waals surface area (Å²) in [4.78, 5) is 2.55. The molecule has 0 amide bonds. The molecule has 0 radical (unpaired) electrons. The third-order valence-corrected chi connectivity index (χ3v) is 4.94. The van der Waals surface area contributed by atoms with E-state index >= 15 is 0 Å². The third-order valence-electron chi connectivity index (χ3n) is 4.94. The fourth-order valence-corrected chi connectivity index (χ4v) is 3.64. The normalized spacial score (nSPS) is 24.3. The zero-order valence-electron chi connectivity index (χ0n) is 13.5. The van der Waals surface area contributed by atoms with E-state index in [1.807, 2.05) is 12.3 Å². The molecule has 2 atom stereocenters. The summed E-state index contributed by atoms with van der Waals surface area (Å²) in [6, 6.07) is 13.4. The van der Waals surface area contributed by atoms with Gasteiger partial charge in [0.2, 0.25) is 0 Å². The van der Waals surface area contributed by atoms with Gasteiger partial charge < -0.3 is 10.6 Å². The molecule has 2 N–H and O–H groups in total. The van der Waals surface area contributed by atoms with Crippen LogP contribution in [0.2, 0.25) is 0 Å². The summed E-state index contributed by atoms with van der Waals surface area (Å²) in [5, 5.41) is 11.6. The lowest BCUT2D eigenvalue weighted by molar-refractivity contribution is 0.312. The topological polar surface area (TPSA) is 45.1 Å². The summed E-state index contributed by atoms with van der Waals surface area (Å²) >= 11 is 0. The van der Waals surface area contributed by atoms with Crippen molar-refractivity contribution in [1.29, 1.82) is 0 Å². The standard InChI is InChI=1S/C18H25N5/c1-2-4-15(5-3-1)12-22-9-7-17(14-22)19-10-16-11-20-18-6-8-21-23(18)13-16/h1-6,8,16-17,19-20H,7,9-14H2/t16-,17-/m0/s1. The van der Waals surface area contributed by atoms with Crippen molar-refractivity contribution in [2.75, 3.05) is 31.5 Å². The van der Waals surface area contributed by atoms with Crippen LogP contribution in [-0.4, -0.2) is 46.9 Å². The van der Waals surface area contributed by atoms with Gasteiger partial charge in [0.05, 0.1) is 6.20 Å². The number of aromatic nitrogens is 2. The van der Waals surface area contributed by atoms with Crippen LogP contribution < -0.4 is 10.6 Å². The van der Waals surface area contributed by atoms with Crippen LogP contribution in [0, 0.1) is 5.92 Å². The quantitative estimate of drug-likeness (QED) is 0.884. The Morgan fingerprint density at radius 2 is 2.09 bits per heavy atom. The highest BCUT2D eigenvalue weighted by atomic mass is 15.3. The molecule has 4 rings (SSSR count). The molecular formula is C18H25N5. The first-order valence-corrected chi connectivity index (χ1v) is 8.62. The van der Waals surface area contributed by atoms with Crippen LogP contribution >= 0.6 is 0 Å². The lowest BCUT2D eigenvalue weighted by Crippen LogP contribution is -2.40. The van der Waals surface area contributed by atoms with Gasteiger partial charge in [-0.05, 0) is 12.0 Å². The predicted molar refractivity (Wildman–Crippen MR) is 92.3 cm³/mol. The Labute approximate surface area is 137 Å². The van der Waals surface area contributed by atoms with E-state index < -0.39 is 0 Å². The molecule has 2 aromatic rings. The van der Waals surface area contributed by atoms with E-state index in [4.69, 9.17) is 0 Å². The number of hydrogen-bond donors (Lipinski definition) is 2. The van der Waals surface area contributed by atoms with Gasteiger partial charge in [-0.3, -0.25) is 4.90 Å². The summed E-state index contributed by atoms with van der Waals surface area (Å²) in [6.45, 7) is 6.54. The maximum atomic E-state index is 4.36. The first-order valence-electron chi connectivity index (χ1n) is 8.62. The van der Waals surface area contributed by atoms with Crippen LogP contribution in [0.25, 0.3) is 0 Å². The van der Waals surface area contributed by atoms with E-state index in [0.717, 1.165) is 38.5 Å². The lowest BCUT2D eigenvalue weighted by atomic mass is 10.1. The zero-order valence-corrected chi connectivity index (χ0v) is 13.5. The number of fused-ring (bicyclic) bond motifs is 1. The van der Waals surface area contributed by atoms with E-state index in [-0.39, 0.29) is 0 Å². The minimum Gasteiger partial charge on any atom is -0.370 e. The highest BCUT2D eigenvalue weighted by Gasteiger charge is 2.24. The Morgan fingerprint density at radius 1 is 1.17 bits per heavy atom. The first kappa shape index (κ1) is 14.7. The van der Waals surface area contributed by atoms with Gasteiger partial charge in [0, 0.05) is 57.3 Å². The van der Waals surface area contributed by atoms with Crippen LogP contribution in [0.15, 0.2) is 42.6 Å². The third kappa shape index (κ3) is 3.57. The molecule has 0 bridgehead atoms. The SMILES string of the molecule is c1ccc(CN2CC[C@H](NC[C@H]3CNc4ccnn4C3)C2)cc1. The number of nitrogens with zero attached hydrogens (tertiary/aromatic N) is 3. The van der Waals surface area contributed by atoms with Crippen LogP contribution in [0.1, 0.15) is 12.0 Å². The average Bonchev–Trinajstić information content (AvgIpc) is 3.22. The minimum atomic E-state index is 0.616. The summed E-state index contributed by atoms with van der Waals surface area (Å²) in [5.74, 6) is 1.77. The molecule has 0 spiro atoms. The number of benzene rings is 1. The number of likely N-dealkylation sites (tertiary alicyclic amines) is 1. The Kier molecular flexibility index (Phi) is 4.30. The van der Waals surface area contributed by atoms with Crippen LogP contribution in [0.3, 0.4) is 0 Å². The largest absolute Gasteiger partial charge is 0.370 e. The maximum Gasteiger partial charge on any atom is 0.124 e. The van der Waals surface area contributed by atoms with Gasteiger partial charge in [-0.15, -0.1) is 0 Å². The van der Waals surface area contributed by atoms with Gasteiger partial charge in [-0.2, -0.15) is 5.10 Å². The van der Waals surface area contributed by atoms with E-state index in [0.29, 0.717) is 12.0 Å². The molecule has 3 heterocycles. The fraction of sp³-hybridized carbons (Fsp3) is 0.500. The molecule has 1 aromatic heterocycles. The predicted octanol–water partition coefficient (Wildman–Crippen LogP) is 1.79. The second kappa shape index (κ2) is 6.72. The van der Waals surface area contributed by atoms with Crippen molar-refractivity contribution < 1.29 is 0 Å². The van der Waals surface area contributed by atoms with E-state index in [9.17, 15) is 0 Å². The van der Waals surface area contributed by atoms with Gasteiger partial charge in [0.25, 0.3) is 0 Å². The molecule has 5 nitrogen and oxygen atoms in total. The first-order chi connectivity index (χ1) is 11.4. The molecule has 1 aromatic carbocycles. The van der Waals surface area contributed by atoms with Crippen molar-refractivity contribution in [2.24, 2.45) is 5.92 Å². The molecule has 5 heteroatoms. The van der Waals surface area contributed by atoms with E-state index in [1.54, 1.807) is 0 Å². The summed E-state index contributed by atoms with van der Waals surface area (Å²) in [7, 11) is 0. The van der Waals surface area contributed by atoms with Gasteiger partial charge in [0.15, 0.2) is 0 Å². The molecule has 23 heavy (non-hydrogen) atoms. The second-order valence-electron chi connectivity index (χ2n) is 6.76. The van der Waals surface area contributed by atoms with Gasteiger partial charge in [-0.1, -0.05) is 30.3 Å². The summed E-state index contributed by atoms with van der Waals surface area (Å²) < 4.78 is 2.08. The Hall–Kier alpha value is -1.85. The molecule has 1 fully saturated rings. The molecular weight excluding hydrogens is 286 g/mol. The van der Waals surface area contributed by atoms with Crippen LogP contribution in [0.4, 0.5) is 5.82 Å². The minimum absolute atomic E-state index is 0.616. The van der Waals surface area contributed by atoms with Gasteiger partial charge >= 0.3 is 0 Å². The maximum absolute atomic E-state index is 4.36. The molecule has 122 valence electrons. The highest BCUT2D eigenvalue weighted by Crippen LogP contribution is 2.17. The van der Waals surface area contributed by atoms with Crippen molar-refractivity contribution >= 4 is 5.82 Å². The van der Waals surface area contributed by atoms with Crippen LogP contribution in [-0.2, 0) is 13.1 Å². The monoisotopic (exact) mass is 311 g/mol. The highest BCUT2D eigenvalue weighted by molar-refractivity contribution is 5.35. The summed E-state index contributed by atoms with van der Waals surface area (Å²) in [5.41, 5.74) is 1.41.